The molecule has 1 aromatic heterocycles. The number of nitrogens with zero attached hydrogens (tertiary/aromatic N) is 1. The number of aliphatic hydroxyl groups is 1. The van der Waals surface area contributed by atoms with E-state index in [0.717, 1.165) is 16.9 Å². The highest BCUT2D eigenvalue weighted by Crippen LogP contribution is 2.19. The van der Waals surface area contributed by atoms with Gasteiger partial charge in [0.2, 0.25) is 0 Å². The summed E-state index contributed by atoms with van der Waals surface area (Å²) in [7, 11) is 3.22. The van der Waals surface area contributed by atoms with E-state index in [1.807, 2.05) is 18.4 Å². The number of amides is 1. The van der Waals surface area contributed by atoms with Gasteiger partial charge in [-0.05, 0) is 23.4 Å². The van der Waals surface area contributed by atoms with Crippen LogP contribution in [0.2, 0.25) is 0 Å². The average molecular weight is 257 g/mol. The second kappa shape index (κ2) is 6.74. The Morgan fingerprint density at radius 1 is 1.65 bits per heavy atom. The Morgan fingerprint density at radius 3 is 2.94 bits per heavy atom. The smallest absolute Gasteiger partial charge is 0.264 e. The molecule has 4 nitrogen and oxygen atoms in total. The minimum Gasteiger partial charge on any atom is -0.389 e. The van der Waals surface area contributed by atoms with Crippen LogP contribution in [0.3, 0.4) is 0 Å². The average Bonchev–Trinajstić information content (AvgIpc) is 2.76. The zero-order valence-corrected chi connectivity index (χ0v) is 11.3. The molecule has 0 fully saturated rings. The van der Waals surface area contributed by atoms with Crippen LogP contribution in [0.1, 0.15) is 22.2 Å². The number of aliphatic hydroxyl groups excluding tert-OH is 1. The van der Waals surface area contributed by atoms with Gasteiger partial charge in [-0.1, -0.05) is 6.92 Å². The predicted molar refractivity (Wildman–Crippen MR) is 68.5 cm³/mol. The number of carbonyl (C=O) groups is 1. The Kier molecular flexibility index (Phi) is 5.61. The van der Waals surface area contributed by atoms with Gasteiger partial charge in [-0.25, -0.2) is 0 Å². The lowest BCUT2D eigenvalue weighted by atomic mass is 10.2. The van der Waals surface area contributed by atoms with Gasteiger partial charge >= 0.3 is 0 Å². The van der Waals surface area contributed by atoms with Crippen molar-refractivity contribution in [3.8, 4) is 0 Å². The van der Waals surface area contributed by atoms with Crippen molar-refractivity contribution in [1.82, 2.24) is 4.90 Å². The molecule has 0 radical (unpaired) electrons. The molecule has 0 spiro atoms. The quantitative estimate of drug-likeness (QED) is 0.838. The Labute approximate surface area is 106 Å². The zero-order valence-electron chi connectivity index (χ0n) is 10.5. The Bertz CT molecular complexity index is 364. The van der Waals surface area contributed by atoms with Crippen LogP contribution in [0.25, 0.3) is 0 Å². The molecule has 0 saturated heterocycles. The molecule has 0 aromatic carbocycles. The van der Waals surface area contributed by atoms with Gasteiger partial charge in [0.1, 0.15) is 0 Å². The highest BCUT2D eigenvalue weighted by molar-refractivity contribution is 7.12. The Morgan fingerprint density at radius 2 is 2.35 bits per heavy atom. The van der Waals surface area contributed by atoms with Crippen molar-refractivity contribution in [3.05, 3.63) is 21.9 Å². The topological polar surface area (TPSA) is 49.8 Å². The fraction of sp³-hybridized carbons (Fsp3) is 0.583. The molecule has 96 valence electrons. The molecule has 0 aliphatic carbocycles. The number of rotatable bonds is 6. The maximum Gasteiger partial charge on any atom is 0.264 e. The van der Waals surface area contributed by atoms with Crippen molar-refractivity contribution < 1.29 is 14.6 Å². The van der Waals surface area contributed by atoms with Crippen LogP contribution in [0.5, 0.6) is 0 Å². The van der Waals surface area contributed by atoms with Crippen molar-refractivity contribution in [2.75, 3.05) is 27.3 Å². The molecule has 0 aliphatic rings. The Balaban J connectivity index is 2.63. The molecular formula is C12H19NO3S. The number of ether oxygens (including phenoxy) is 1. The fourth-order valence-corrected chi connectivity index (χ4v) is 2.61. The van der Waals surface area contributed by atoms with Gasteiger partial charge in [0.05, 0.1) is 17.6 Å². The summed E-state index contributed by atoms with van der Waals surface area (Å²) in [5, 5.41) is 11.5. The summed E-state index contributed by atoms with van der Waals surface area (Å²) in [5.41, 5.74) is 1.06. The van der Waals surface area contributed by atoms with Crippen LogP contribution in [0.4, 0.5) is 0 Å². The first kappa shape index (κ1) is 14.2. The van der Waals surface area contributed by atoms with Gasteiger partial charge in [0.25, 0.3) is 5.91 Å². The van der Waals surface area contributed by atoms with E-state index in [1.165, 1.54) is 23.3 Å². The van der Waals surface area contributed by atoms with Gasteiger partial charge in [-0.15, -0.1) is 11.3 Å². The highest BCUT2D eigenvalue weighted by atomic mass is 32.1. The maximum absolute atomic E-state index is 12.1. The first-order valence-electron chi connectivity index (χ1n) is 5.59. The van der Waals surface area contributed by atoms with Crippen molar-refractivity contribution in [2.45, 2.75) is 19.4 Å². The lowest BCUT2D eigenvalue weighted by Gasteiger charge is -2.20. The minimum atomic E-state index is -0.640. The van der Waals surface area contributed by atoms with Gasteiger partial charge < -0.3 is 14.7 Å². The molecule has 17 heavy (non-hydrogen) atoms. The van der Waals surface area contributed by atoms with E-state index < -0.39 is 6.10 Å². The molecule has 1 atom stereocenters. The second-order valence-electron chi connectivity index (χ2n) is 3.92. The predicted octanol–water partition coefficient (Wildman–Crippen LogP) is 1.39. The third-order valence-corrected chi connectivity index (χ3v) is 3.46. The number of likely N-dealkylation sites (N-methyl/N-ethyl adjacent to an activating group) is 1. The third kappa shape index (κ3) is 3.80. The second-order valence-corrected chi connectivity index (χ2v) is 4.84. The van der Waals surface area contributed by atoms with Crippen molar-refractivity contribution in [1.29, 1.82) is 0 Å². The first-order chi connectivity index (χ1) is 8.10. The summed E-state index contributed by atoms with van der Waals surface area (Å²) in [5.74, 6) is -0.0352. The van der Waals surface area contributed by atoms with Crippen LogP contribution < -0.4 is 0 Å². The van der Waals surface area contributed by atoms with Crippen molar-refractivity contribution in [3.63, 3.8) is 0 Å². The molecule has 1 N–H and O–H groups in total. The monoisotopic (exact) mass is 257 g/mol. The summed E-state index contributed by atoms with van der Waals surface area (Å²) in [6.07, 6.45) is 0.206. The molecule has 1 unspecified atom stereocenters. The highest BCUT2D eigenvalue weighted by Gasteiger charge is 2.18. The van der Waals surface area contributed by atoms with Gasteiger partial charge in [0, 0.05) is 20.7 Å². The number of hydrogen-bond acceptors (Lipinski definition) is 4. The maximum atomic E-state index is 12.1. The van der Waals surface area contributed by atoms with Gasteiger partial charge in [-0.3, -0.25) is 4.79 Å². The normalized spacial score (nSPS) is 12.5. The lowest BCUT2D eigenvalue weighted by Crippen LogP contribution is -2.36. The molecule has 0 bridgehead atoms. The number of methoxy groups -OCH3 is 1. The van der Waals surface area contributed by atoms with Crippen LogP contribution in [0.15, 0.2) is 11.4 Å². The third-order valence-electron chi connectivity index (χ3n) is 2.51. The number of aryl methyl sites for hydroxylation is 1. The number of hydrogen-bond donors (Lipinski definition) is 1. The first-order valence-corrected chi connectivity index (χ1v) is 6.46. The van der Waals surface area contributed by atoms with Gasteiger partial charge in [0.15, 0.2) is 0 Å². The largest absolute Gasteiger partial charge is 0.389 e. The summed E-state index contributed by atoms with van der Waals surface area (Å²) in [6, 6.07) is 1.97. The summed E-state index contributed by atoms with van der Waals surface area (Å²) < 4.78 is 4.83. The van der Waals surface area contributed by atoms with E-state index in [4.69, 9.17) is 4.74 Å². The lowest BCUT2D eigenvalue weighted by molar-refractivity contribution is 0.0382. The summed E-state index contributed by atoms with van der Waals surface area (Å²) >= 11 is 1.45. The molecule has 1 aromatic rings. The molecule has 5 heteroatoms. The van der Waals surface area contributed by atoms with E-state index in [1.54, 1.807) is 7.05 Å². The van der Waals surface area contributed by atoms with E-state index >= 15 is 0 Å². The summed E-state index contributed by atoms with van der Waals surface area (Å²) in [4.78, 5) is 14.4. The molecule has 1 amide bonds. The number of carbonyl (C=O) groups excluding carboxylic acids is 1. The Hall–Kier alpha value is -0.910. The van der Waals surface area contributed by atoms with E-state index in [0.29, 0.717) is 0 Å². The van der Waals surface area contributed by atoms with E-state index in [9.17, 15) is 9.90 Å². The zero-order chi connectivity index (χ0) is 12.8. The van der Waals surface area contributed by atoms with Crippen LogP contribution >= 0.6 is 11.3 Å². The molecule has 0 aliphatic heterocycles. The standard InChI is InChI=1S/C12H19NO3S/c1-4-9-5-6-17-11(9)12(15)13(2)7-10(14)8-16-3/h5-6,10,14H,4,7-8H2,1-3H3. The SMILES string of the molecule is CCc1ccsc1C(=O)N(C)CC(O)COC. The summed E-state index contributed by atoms with van der Waals surface area (Å²) in [6.45, 7) is 2.55. The van der Waals surface area contributed by atoms with Crippen molar-refractivity contribution in [2.24, 2.45) is 0 Å². The van der Waals surface area contributed by atoms with Crippen LogP contribution in [-0.4, -0.2) is 49.3 Å². The molecule has 0 saturated carbocycles. The molecule has 1 heterocycles. The van der Waals surface area contributed by atoms with Gasteiger partial charge in [-0.2, -0.15) is 0 Å². The van der Waals surface area contributed by atoms with Crippen LogP contribution in [-0.2, 0) is 11.2 Å². The van der Waals surface area contributed by atoms with E-state index in [2.05, 4.69) is 0 Å². The minimum absolute atomic E-state index is 0.0352. The molecule has 1 rings (SSSR count). The van der Waals surface area contributed by atoms with Crippen molar-refractivity contribution >= 4 is 17.2 Å². The number of thiophene rings is 1. The van der Waals surface area contributed by atoms with Crippen LogP contribution in [0, 0.1) is 0 Å². The fourth-order valence-electron chi connectivity index (χ4n) is 1.62. The molecular weight excluding hydrogens is 238 g/mol. The van der Waals surface area contributed by atoms with E-state index in [-0.39, 0.29) is 19.1 Å².